The first-order valence-electron chi connectivity index (χ1n) is 7.66. The van der Waals surface area contributed by atoms with Crippen molar-refractivity contribution < 1.29 is 23.0 Å². The van der Waals surface area contributed by atoms with E-state index in [1.807, 2.05) is 24.3 Å². The van der Waals surface area contributed by atoms with Gasteiger partial charge in [-0.2, -0.15) is 13.2 Å². The van der Waals surface area contributed by atoms with E-state index in [1.54, 1.807) is 12.0 Å². The number of β-amino-alcohol motifs (C(OH)–C–C–N with tert-alkyl or cyclic N) is 1. The van der Waals surface area contributed by atoms with Crippen LogP contribution in [0.3, 0.4) is 0 Å². The van der Waals surface area contributed by atoms with Crippen LogP contribution in [-0.4, -0.2) is 67.0 Å². The molecule has 1 saturated heterocycles. The summed E-state index contributed by atoms with van der Waals surface area (Å²) in [6.45, 7) is 4.09. The molecule has 0 amide bonds. The number of nitrogens with zero attached hydrogens (tertiary/aromatic N) is 2. The maximum Gasteiger partial charge on any atom is 0.415 e. The van der Waals surface area contributed by atoms with Gasteiger partial charge in [0.2, 0.25) is 0 Å². The second kappa shape index (κ2) is 7.51. The van der Waals surface area contributed by atoms with Crippen molar-refractivity contribution in [3.63, 3.8) is 0 Å². The first-order chi connectivity index (χ1) is 10.8. The smallest absolute Gasteiger partial charge is 0.415 e. The van der Waals surface area contributed by atoms with Gasteiger partial charge in [-0.05, 0) is 24.6 Å². The number of piperazine rings is 1. The van der Waals surface area contributed by atoms with E-state index in [4.69, 9.17) is 9.84 Å². The average Bonchev–Trinajstić information content (AvgIpc) is 2.54. The number of rotatable bonds is 5. The highest BCUT2D eigenvalue weighted by molar-refractivity contribution is 5.30. The highest BCUT2D eigenvalue weighted by Gasteiger charge is 2.39. The summed E-state index contributed by atoms with van der Waals surface area (Å²) in [6, 6.07) is 7.98. The quantitative estimate of drug-likeness (QED) is 0.898. The topological polar surface area (TPSA) is 35.9 Å². The van der Waals surface area contributed by atoms with Crippen molar-refractivity contribution in [2.45, 2.75) is 25.2 Å². The van der Waals surface area contributed by atoms with Crippen molar-refractivity contribution in [2.75, 3.05) is 39.8 Å². The second-order valence-corrected chi connectivity index (χ2v) is 5.85. The van der Waals surface area contributed by atoms with Gasteiger partial charge in [-0.1, -0.05) is 12.1 Å². The van der Waals surface area contributed by atoms with Crippen LogP contribution in [0.2, 0.25) is 0 Å². The monoisotopic (exact) mass is 332 g/mol. The van der Waals surface area contributed by atoms with Crippen LogP contribution < -0.4 is 4.74 Å². The Morgan fingerprint density at radius 3 is 2.43 bits per heavy atom. The zero-order valence-corrected chi connectivity index (χ0v) is 13.4. The lowest BCUT2D eigenvalue weighted by Crippen LogP contribution is -2.51. The fourth-order valence-corrected chi connectivity index (χ4v) is 2.79. The summed E-state index contributed by atoms with van der Waals surface area (Å²) in [5.41, 5.74) is 1.12. The van der Waals surface area contributed by atoms with Gasteiger partial charge in [0.05, 0.1) is 7.11 Å². The Bertz CT molecular complexity index is 502. The van der Waals surface area contributed by atoms with Crippen molar-refractivity contribution >= 4 is 0 Å². The molecule has 23 heavy (non-hydrogen) atoms. The van der Waals surface area contributed by atoms with E-state index in [0.717, 1.165) is 11.3 Å². The molecule has 1 N–H and O–H groups in total. The van der Waals surface area contributed by atoms with E-state index in [-0.39, 0.29) is 12.6 Å². The van der Waals surface area contributed by atoms with Crippen molar-refractivity contribution in [2.24, 2.45) is 0 Å². The van der Waals surface area contributed by atoms with Gasteiger partial charge in [0.25, 0.3) is 0 Å². The lowest BCUT2D eigenvalue weighted by atomic mass is 10.1. The molecule has 0 saturated carbocycles. The van der Waals surface area contributed by atoms with Gasteiger partial charge in [-0.25, -0.2) is 0 Å². The predicted octanol–water partition coefficient (Wildman–Crippen LogP) is 2.30. The van der Waals surface area contributed by atoms with E-state index >= 15 is 0 Å². The molecule has 0 spiro atoms. The molecule has 2 atom stereocenters. The van der Waals surface area contributed by atoms with Crippen LogP contribution in [0.25, 0.3) is 0 Å². The van der Waals surface area contributed by atoms with Crippen LogP contribution in [0.5, 0.6) is 5.75 Å². The SMILES string of the molecule is COc1cccc(C(C)N2CCN(CC(O)C(F)(F)F)CC2)c1. The molecule has 1 aliphatic heterocycles. The highest BCUT2D eigenvalue weighted by Crippen LogP contribution is 2.26. The minimum absolute atomic E-state index is 0.166. The molecule has 130 valence electrons. The average molecular weight is 332 g/mol. The summed E-state index contributed by atoms with van der Waals surface area (Å²) in [6.07, 6.45) is -6.82. The molecule has 0 aliphatic carbocycles. The highest BCUT2D eigenvalue weighted by atomic mass is 19.4. The fourth-order valence-electron chi connectivity index (χ4n) is 2.79. The Morgan fingerprint density at radius 1 is 1.22 bits per heavy atom. The van der Waals surface area contributed by atoms with Crippen LogP contribution >= 0.6 is 0 Å². The molecular formula is C16H23F3N2O2. The number of hydrogen-bond acceptors (Lipinski definition) is 4. The van der Waals surface area contributed by atoms with E-state index in [9.17, 15) is 13.2 Å². The van der Waals surface area contributed by atoms with Crippen molar-refractivity contribution in [3.8, 4) is 5.75 Å². The fraction of sp³-hybridized carbons (Fsp3) is 0.625. The zero-order valence-electron chi connectivity index (χ0n) is 13.4. The number of hydrogen-bond donors (Lipinski definition) is 1. The second-order valence-electron chi connectivity index (χ2n) is 5.85. The summed E-state index contributed by atoms with van der Waals surface area (Å²) in [5.74, 6) is 0.793. The number of benzene rings is 1. The van der Waals surface area contributed by atoms with Gasteiger partial charge in [-0.3, -0.25) is 9.80 Å². The van der Waals surface area contributed by atoms with Gasteiger partial charge < -0.3 is 9.84 Å². The number of aliphatic hydroxyl groups excluding tert-OH is 1. The molecular weight excluding hydrogens is 309 g/mol. The molecule has 1 aromatic rings. The lowest BCUT2D eigenvalue weighted by molar-refractivity contribution is -0.209. The number of halogens is 3. The van der Waals surface area contributed by atoms with Crippen molar-refractivity contribution in [3.05, 3.63) is 29.8 Å². The van der Waals surface area contributed by atoms with Crippen LogP contribution in [0.4, 0.5) is 13.2 Å². The van der Waals surface area contributed by atoms with Gasteiger partial charge in [0, 0.05) is 38.8 Å². The third kappa shape index (κ3) is 4.83. The summed E-state index contributed by atoms with van der Waals surface area (Å²) >= 11 is 0. The molecule has 0 aromatic heterocycles. The number of methoxy groups -OCH3 is 1. The Hall–Kier alpha value is -1.31. The molecule has 1 aromatic carbocycles. The minimum Gasteiger partial charge on any atom is -0.497 e. The molecule has 4 nitrogen and oxygen atoms in total. The minimum atomic E-state index is -4.55. The van der Waals surface area contributed by atoms with Gasteiger partial charge >= 0.3 is 6.18 Å². The number of alkyl halides is 3. The first kappa shape index (κ1) is 18.0. The summed E-state index contributed by atoms with van der Waals surface area (Å²) in [5, 5.41) is 9.15. The van der Waals surface area contributed by atoms with E-state index < -0.39 is 12.3 Å². The van der Waals surface area contributed by atoms with Crippen molar-refractivity contribution in [1.82, 2.24) is 9.80 Å². The Morgan fingerprint density at radius 2 is 1.87 bits per heavy atom. The third-order valence-corrected chi connectivity index (χ3v) is 4.34. The Labute approximate surface area is 134 Å². The molecule has 0 bridgehead atoms. The maximum atomic E-state index is 12.4. The Kier molecular flexibility index (Phi) is 5.89. The van der Waals surface area contributed by atoms with E-state index in [0.29, 0.717) is 26.2 Å². The maximum absolute atomic E-state index is 12.4. The van der Waals surface area contributed by atoms with E-state index in [1.165, 1.54) is 0 Å². The van der Waals surface area contributed by atoms with Gasteiger partial charge in [0.15, 0.2) is 6.10 Å². The summed E-state index contributed by atoms with van der Waals surface area (Å²) < 4.78 is 42.4. The van der Waals surface area contributed by atoms with E-state index in [2.05, 4.69) is 11.8 Å². The van der Waals surface area contributed by atoms with Crippen LogP contribution in [0.15, 0.2) is 24.3 Å². The van der Waals surface area contributed by atoms with Crippen LogP contribution in [0, 0.1) is 0 Å². The first-order valence-corrected chi connectivity index (χ1v) is 7.66. The zero-order chi connectivity index (χ0) is 17.0. The molecule has 1 fully saturated rings. The van der Waals surface area contributed by atoms with Crippen LogP contribution in [-0.2, 0) is 0 Å². The summed E-state index contributed by atoms with van der Waals surface area (Å²) in [7, 11) is 1.62. The molecule has 1 aliphatic rings. The number of ether oxygens (including phenoxy) is 1. The predicted molar refractivity (Wildman–Crippen MR) is 81.5 cm³/mol. The van der Waals surface area contributed by atoms with Crippen LogP contribution in [0.1, 0.15) is 18.5 Å². The largest absolute Gasteiger partial charge is 0.497 e. The number of aliphatic hydroxyl groups is 1. The molecule has 1 heterocycles. The Balaban J connectivity index is 1.88. The third-order valence-electron chi connectivity index (χ3n) is 4.34. The molecule has 0 radical (unpaired) electrons. The normalized spacial score (nSPS) is 20.3. The summed E-state index contributed by atoms with van der Waals surface area (Å²) in [4.78, 5) is 3.89. The van der Waals surface area contributed by atoms with Gasteiger partial charge in [0.1, 0.15) is 5.75 Å². The molecule has 2 unspecified atom stereocenters. The standard InChI is InChI=1S/C16H23F3N2O2/c1-12(13-4-3-5-14(10-13)23-2)21-8-6-20(7-9-21)11-15(22)16(17,18)19/h3-5,10,12,15,22H,6-9,11H2,1-2H3. The lowest BCUT2D eigenvalue weighted by Gasteiger charge is -2.39. The van der Waals surface area contributed by atoms with Gasteiger partial charge in [-0.15, -0.1) is 0 Å². The van der Waals surface area contributed by atoms with Crippen molar-refractivity contribution in [1.29, 1.82) is 0 Å². The molecule has 2 rings (SSSR count). The molecule has 7 heteroatoms.